The van der Waals surface area contributed by atoms with Gasteiger partial charge in [-0.05, 0) is 32.9 Å². The second-order valence-electron chi connectivity index (χ2n) is 3.58. The molecule has 0 unspecified atom stereocenters. The van der Waals surface area contributed by atoms with Crippen LogP contribution in [0.2, 0.25) is 0 Å². The molecule has 0 bridgehead atoms. The molecule has 15 heavy (non-hydrogen) atoms. The van der Waals surface area contributed by atoms with Crippen LogP contribution >= 0.6 is 0 Å². The number of aromatic nitrogens is 4. The van der Waals surface area contributed by atoms with Gasteiger partial charge in [0.25, 0.3) is 5.91 Å². The van der Waals surface area contributed by atoms with Gasteiger partial charge in [-0.1, -0.05) is 0 Å². The van der Waals surface area contributed by atoms with E-state index < -0.39 is 0 Å². The summed E-state index contributed by atoms with van der Waals surface area (Å²) in [6.07, 6.45) is 0. The first-order chi connectivity index (χ1) is 7.08. The molecule has 78 valence electrons. The normalized spacial score (nSPS) is 10.6. The Morgan fingerprint density at radius 2 is 2.07 bits per heavy atom. The molecule has 0 aliphatic rings. The summed E-state index contributed by atoms with van der Waals surface area (Å²) in [5, 5.41) is 10.7. The number of aryl methyl sites for hydroxylation is 3. The molecular weight excluding hydrogens is 192 g/mol. The van der Waals surface area contributed by atoms with Gasteiger partial charge < -0.3 is 0 Å². The van der Waals surface area contributed by atoms with Crippen molar-refractivity contribution in [1.29, 1.82) is 0 Å². The number of hydrogen-bond acceptors (Lipinski definition) is 3. The Balaban J connectivity index is 2.40. The maximum atomic E-state index is 11.9. The summed E-state index contributed by atoms with van der Waals surface area (Å²) >= 11 is 0. The van der Waals surface area contributed by atoms with Gasteiger partial charge in [0.15, 0.2) is 5.69 Å². The molecule has 1 N–H and O–H groups in total. The highest BCUT2D eigenvalue weighted by atomic mass is 16.2. The lowest BCUT2D eigenvalue weighted by Gasteiger charge is -1.98. The minimum absolute atomic E-state index is 0.204. The molecule has 0 spiro atoms. The minimum Gasteiger partial charge on any atom is -0.282 e. The lowest BCUT2D eigenvalue weighted by Crippen LogP contribution is -2.15. The summed E-state index contributed by atoms with van der Waals surface area (Å²) in [7, 11) is 0. The molecule has 2 aromatic heterocycles. The molecule has 0 aliphatic heterocycles. The van der Waals surface area contributed by atoms with Crippen LogP contribution in [0, 0.1) is 20.8 Å². The number of aromatic amines is 1. The predicted octanol–water partition coefficient (Wildman–Crippen LogP) is 1.22. The Labute approximate surface area is 87.1 Å². The van der Waals surface area contributed by atoms with Crippen LogP contribution in [0.5, 0.6) is 0 Å². The van der Waals surface area contributed by atoms with Gasteiger partial charge in [0.1, 0.15) is 0 Å². The molecule has 0 aliphatic carbocycles. The summed E-state index contributed by atoms with van der Waals surface area (Å²) in [4.78, 5) is 11.9. The molecule has 0 aromatic carbocycles. The third kappa shape index (κ3) is 1.68. The molecule has 0 fully saturated rings. The Bertz CT molecular complexity index is 509. The highest BCUT2D eigenvalue weighted by molar-refractivity contribution is 5.93. The van der Waals surface area contributed by atoms with Crippen molar-refractivity contribution >= 4 is 5.91 Å². The first-order valence-corrected chi connectivity index (χ1v) is 4.68. The van der Waals surface area contributed by atoms with Crippen molar-refractivity contribution in [2.24, 2.45) is 0 Å². The van der Waals surface area contributed by atoms with Crippen LogP contribution in [-0.4, -0.2) is 25.9 Å². The van der Waals surface area contributed by atoms with E-state index in [1.54, 1.807) is 6.07 Å². The van der Waals surface area contributed by atoms with Gasteiger partial charge in [-0.15, -0.1) is 0 Å². The number of carbonyl (C=O) groups excluding carboxylic acids is 1. The van der Waals surface area contributed by atoms with Crippen molar-refractivity contribution in [1.82, 2.24) is 20.0 Å². The zero-order valence-electron chi connectivity index (χ0n) is 8.90. The number of nitrogens with zero attached hydrogens (tertiary/aromatic N) is 3. The van der Waals surface area contributed by atoms with Crippen molar-refractivity contribution in [3.8, 4) is 0 Å². The molecule has 2 aromatic rings. The minimum atomic E-state index is -0.204. The summed E-state index contributed by atoms with van der Waals surface area (Å²) in [6, 6.07) is 3.57. The van der Waals surface area contributed by atoms with Gasteiger partial charge in [0.05, 0.1) is 5.69 Å². The fraction of sp³-hybridized carbons (Fsp3) is 0.300. The first kappa shape index (κ1) is 9.64. The molecule has 0 radical (unpaired) electrons. The number of rotatable bonds is 1. The van der Waals surface area contributed by atoms with E-state index in [2.05, 4.69) is 15.3 Å². The zero-order chi connectivity index (χ0) is 11.0. The maximum absolute atomic E-state index is 11.9. The number of hydrogen-bond donors (Lipinski definition) is 1. The van der Waals surface area contributed by atoms with Crippen molar-refractivity contribution in [2.75, 3.05) is 0 Å². The van der Waals surface area contributed by atoms with Crippen molar-refractivity contribution in [3.63, 3.8) is 0 Å². The summed E-state index contributed by atoms with van der Waals surface area (Å²) < 4.78 is 1.37. The lowest BCUT2D eigenvalue weighted by atomic mass is 10.3. The van der Waals surface area contributed by atoms with Gasteiger partial charge in [0, 0.05) is 11.4 Å². The number of H-pyrrole nitrogens is 1. The van der Waals surface area contributed by atoms with Crippen molar-refractivity contribution in [3.05, 3.63) is 34.9 Å². The van der Waals surface area contributed by atoms with Gasteiger partial charge >= 0.3 is 0 Å². The van der Waals surface area contributed by atoms with Crippen LogP contribution in [0.3, 0.4) is 0 Å². The van der Waals surface area contributed by atoms with Crippen LogP contribution in [0.1, 0.15) is 27.6 Å². The van der Waals surface area contributed by atoms with E-state index in [0.717, 1.165) is 17.1 Å². The van der Waals surface area contributed by atoms with Crippen LogP contribution < -0.4 is 0 Å². The van der Waals surface area contributed by atoms with Crippen LogP contribution in [-0.2, 0) is 0 Å². The topological polar surface area (TPSA) is 63.6 Å². The predicted molar refractivity (Wildman–Crippen MR) is 54.8 cm³/mol. The molecule has 5 heteroatoms. The number of carbonyl (C=O) groups is 1. The average Bonchev–Trinajstić information content (AvgIpc) is 2.71. The molecule has 0 saturated carbocycles. The quantitative estimate of drug-likeness (QED) is 0.759. The van der Waals surface area contributed by atoms with E-state index >= 15 is 0 Å². The van der Waals surface area contributed by atoms with Gasteiger partial charge in [-0.25, -0.2) is 0 Å². The smallest absolute Gasteiger partial charge is 0.282 e. The Kier molecular flexibility index (Phi) is 2.15. The van der Waals surface area contributed by atoms with Crippen molar-refractivity contribution in [2.45, 2.75) is 20.8 Å². The van der Waals surface area contributed by atoms with Gasteiger partial charge in [-0.2, -0.15) is 14.9 Å². The molecule has 5 nitrogen and oxygen atoms in total. The Hall–Kier alpha value is -1.91. The monoisotopic (exact) mass is 204 g/mol. The highest BCUT2D eigenvalue weighted by Crippen LogP contribution is 2.06. The van der Waals surface area contributed by atoms with E-state index in [1.165, 1.54) is 4.68 Å². The van der Waals surface area contributed by atoms with Crippen LogP contribution in [0.15, 0.2) is 12.1 Å². The van der Waals surface area contributed by atoms with E-state index in [0.29, 0.717) is 5.69 Å². The largest absolute Gasteiger partial charge is 0.298 e. The molecule has 0 saturated heterocycles. The summed E-state index contributed by atoms with van der Waals surface area (Å²) in [5.41, 5.74) is 2.89. The van der Waals surface area contributed by atoms with E-state index in [1.807, 2.05) is 26.8 Å². The third-order valence-electron chi connectivity index (χ3n) is 2.13. The average molecular weight is 204 g/mol. The Morgan fingerprint density at radius 3 is 2.53 bits per heavy atom. The van der Waals surface area contributed by atoms with Gasteiger partial charge in [0.2, 0.25) is 0 Å². The zero-order valence-corrected chi connectivity index (χ0v) is 8.90. The standard InChI is InChI=1S/C10H12N4O/c1-6-5-9(12-11-6)10(15)14-8(3)4-7(2)13-14/h4-5H,1-3H3,(H,11,12). The van der Waals surface area contributed by atoms with Gasteiger partial charge in [-0.3, -0.25) is 9.89 Å². The second-order valence-corrected chi connectivity index (χ2v) is 3.58. The van der Waals surface area contributed by atoms with E-state index in [-0.39, 0.29) is 5.91 Å². The van der Waals surface area contributed by atoms with Crippen molar-refractivity contribution < 1.29 is 4.79 Å². The molecule has 0 atom stereocenters. The fourth-order valence-electron chi connectivity index (χ4n) is 1.47. The Morgan fingerprint density at radius 1 is 1.33 bits per heavy atom. The lowest BCUT2D eigenvalue weighted by molar-refractivity contribution is 0.0937. The van der Waals surface area contributed by atoms with E-state index in [4.69, 9.17) is 0 Å². The third-order valence-corrected chi connectivity index (χ3v) is 2.13. The van der Waals surface area contributed by atoms with Crippen LogP contribution in [0.4, 0.5) is 0 Å². The molecule has 2 heterocycles. The summed E-state index contributed by atoms with van der Waals surface area (Å²) in [5.74, 6) is -0.204. The SMILES string of the molecule is Cc1cc(C)n(C(=O)c2cc(C)[nH]n2)n1. The second kappa shape index (κ2) is 3.34. The maximum Gasteiger partial charge on any atom is 0.298 e. The highest BCUT2D eigenvalue weighted by Gasteiger charge is 2.14. The van der Waals surface area contributed by atoms with Crippen LogP contribution in [0.25, 0.3) is 0 Å². The fourth-order valence-corrected chi connectivity index (χ4v) is 1.47. The summed E-state index contributed by atoms with van der Waals surface area (Å²) in [6.45, 7) is 5.55. The molecule has 2 rings (SSSR count). The molecule has 0 amide bonds. The first-order valence-electron chi connectivity index (χ1n) is 4.68. The number of nitrogens with one attached hydrogen (secondary N) is 1. The molecular formula is C10H12N4O. The van der Waals surface area contributed by atoms with E-state index in [9.17, 15) is 4.79 Å².